The minimum atomic E-state index is 0.0951. The molecule has 4 nitrogen and oxygen atoms in total. The molecule has 0 spiro atoms. The van der Waals surface area contributed by atoms with Crippen LogP contribution >= 0.6 is 0 Å². The molecule has 1 aromatic rings. The first kappa shape index (κ1) is 16.8. The van der Waals surface area contributed by atoms with Gasteiger partial charge in [-0.25, -0.2) is 0 Å². The molecule has 1 fully saturated rings. The van der Waals surface area contributed by atoms with Crippen LogP contribution in [0.5, 0.6) is 5.75 Å². The quantitative estimate of drug-likeness (QED) is 0.762. The largest absolute Gasteiger partial charge is 0.497 e. The van der Waals surface area contributed by atoms with Crippen LogP contribution in [0.15, 0.2) is 24.3 Å². The fraction of sp³-hybridized carbons (Fsp3) is 0.611. The lowest BCUT2D eigenvalue weighted by molar-refractivity contribution is -0.120. The van der Waals surface area contributed by atoms with Gasteiger partial charge in [0.2, 0.25) is 5.91 Å². The summed E-state index contributed by atoms with van der Waals surface area (Å²) in [6.45, 7) is 1.12. The molecule has 0 aliphatic heterocycles. The summed E-state index contributed by atoms with van der Waals surface area (Å²) in [6, 6.07) is 8.49. The predicted molar refractivity (Wildman–Crippen MR) is 89.2 cm³/mol. The van der Waals surface area contributed by atoms with Crippen molar-refractivity contribution in [3.63, 3.8) is 0 Å². The first-order valence-corrected chi connectivity index (χ1v) is 8.41. The van der Waals surface area contributed by atoms with Gasteiger partial charge >= 0.3 is 0 Å². The van der Waals surface area contributed by atoms with Gasteiger partial charge in [0.1, 0.15) is 5.75 Å². The van der Waals surface area contributed by atoms with Crippen LogP contribution in [0.3, 0.4) is 0 Å². The lowest BCUT2D eigenvalue weighted by Crippen LogP contribution is -2.39. The van der Waals surface area contributed by atoms with E-state index >= 15 is 0 Å². The van der Waals surface area contributed by atoms with Gasteiger partial charge in [-0.15, -0.1) is 0 Å². The molecule has 1 amide bonds. The summed E-state index contributed by atoms with van der Waals surface area (Å²) in [5.41, 5.74) is 1.21. The third-order valence-corrected chi connectivity index (χ3v) is 4.30. The summed E-state index contributed by atoms with van der Waals surface area (Å²) in [5.74, 6) is 0.957. The highest BCUT2D eigenvalue weighted by molar-refractivity contribution is 5.78. The van der Waals surface area contributed by atoms with Crippen molar-refractivity contribution in [2.75, 3.05) is 20.2 Å². The summed E-state index contributed by atoms with van der Waals surface area (Å²) < 4.78 is 5.13. The molecular weight excluding hydrogens is 276 g/mol. The van der Waals surface area contributed by atoms with Crippen LogP contribution in [-0.4, -0.2) is 32.1 Å². The number of hydrogen-bond donors (Lipinski definition) is 2. The van der Waals surface area contributed by atoms with Crippen LogP contribution in [-0.2, 0) is 11.2 Å². The number of hydrogen-bond acceptors (Lipinski definition) is 3. The van der Waals surface area contributed by atoms with Crippen molar-refractivity contribution in [2.45, 2.75) is 51.0 Å². The fourth-order valence-corrected chi connectivity index (χ4v) is 2.92. The molecule has 1 aliphatic rings. The lowest BCUT2D eigenvalue weighted by atomic mass is 10.1. The second kappa shape index (κ2) is 9.46. The molecular formula is C18H28N2O2. The topological polar surface area (TPSA) is 50.4 Å². The highest BCUT2D eigenvalue weighted by Crippen LogP contribution is 2.16. The Morgan fingerprint density at radius 3 is 2.45 bits per heavy atom. The molecule has 0 saturated heterocycles. The molecule has 4 heteroatoms. The first-order valence-electron chi connectivity index (χ1n) is 8.41. The summed E-state index contributed by atoms with van der Waals surface area (Å²) in [7, 11) is 1.66. The highest BCUT2D eigenvalue weighted by atomic mass is 16.5. The van der Waals surface area contributed by atoms with E-state index < -0.39 is 0 Å². The zero-order valence-corrected chi connectivity index (χ0v) is 13.6. The van der Waals surface area contributed by atoms with Crippen LogP contribution in [0.4, 0.5) is 0 Å². The maximum Gasteiger partial charge on any atom is 0.233 e. The molecule has 0 aromatic heterocycles. The minimum Gasteiger partial charge on any atom is -0.497 e. The molecule has 0 radical (unpaired) electrons. The van der Waals surface area contributed by atoms with Crippen LogP contribution in [0, 0.1) is 0 Å². The van der Waals surface area contributed by atoms with E-state index in [0.29, 0.717) is 19.1 Å². The Morgan fingerprint density at radius 2 is 1.82 bits per heavy atom. The monoisotopic (exact) mass is 304 g/mol. The summed E-state index contributed by atoms with van der Waals surface area (Å²) >= 11 is 0. The van der Waals surface area contributed by atoms with Crippen molar-refractivity contribution in [2.24, 2.45) is 0 Å². The number of nitrogens with one attached hydrogen (secondary N) is 2. The van der Waals surface area contributed by atoms with E-state index in [1.54, 1.807) is 7.11 Å². The van der Waals surface area contributed by atoms with E-state index in [0.717, 1.165) is 12.2 Å². The van der Waals surface area contributed by atoms with Crippen molar-refractivity contribution in [3.8, 4) is 5.75 Å². The molecule has 0 bridgehead atoms. The van der Waals surface area contributed by atoms with Gasteiger partial charge < -0.3 is 15.4 Å². The number of benzene rings is 1. The molecule has 0 atom stereocenters. The van der Waals surface area contributed by atoms with Gasteiger partial charge in [-0.2, -0.15) is 0 Å². The minimum absolute atomic E-state index is 0.0951. The number of amides is 1. The van der Waals surface area contributed by atoms with Gasteiger partial charge in [0.15, 0.2) is 0 Å². The Labute approximate surface area is 133 Å². The summed E-state index contributed by atoms with van der Waals surface area (Å²) in [6.07, 6.45) is 8.52. The second-order valence-corrected chi connectivity index (χ2v) is 6.02. The van der Waals surface area contributed by atoms with Crippen molar-refractivity contribution in [1.82, 2.24) is 10.6 Å². The smallest absolute Gasteiger partial charge is 0.233 e. The van der Waals surface area contributed by atoms with Crippen LogP contribution < -0.4 is 15.4 Å². The van der Waals surface area contributed by atoms with E-state index in [1.807, 2.05) is 24.3 Å². The van der Waals surface area contributed by atoms with E-state index in [1.165, 1.54) is 44.1 Å². The lowest BCUT2D eigenvalue weighted by Gasteiger charge is -2.15. The standard InChI is InChI=1S/C18H28N2O2/c1-22-17-10-8-15(9-11-17)12-13-19-18(21)14-20-16-6-4-2-3-5-7-16/h8-11,16,20H,2-7,12-14H2,1H3,(H,19,21). The van der Waals surface area contributed by atoms with Gasteiger partial charge in [-0.05, 0) is 37.0 Å². The third kappa shape index (κ3) is 6.06. The Balaban J connectivity index is 1.60. The zero-order valence-electron chi connectivity index (χ0n) is 13.6. The van der Waals surface area contributed by atoms with Gasteiger partial charge in [-0.3, -0.25) is 4.79 Å². The Morgan fingerprint density at radius 1 is 1.14 bits per heavy atom. The van der Waals surface area contributed by atoms with E-state index in [-0.39, 0.29) is 5.91 Å². The normalized spacial score (nSPS) is 16.0. The van der Waals surface area contributed by atoms with Crippen molar-refractivity contribution < 1.29 is 9.53 Å². The molecule has 1 saturated carbocycles. The maximum atomic E-state index is 11.9. The summed E-state index contributed by atoms with van der Waals surface area (Å²) in [5, 5.41) is 6.38. The first-order chi connectivity index (χ1) is 10.8. The van der Waals surface area contributed by atoms with E-state index in [4.69, 9.17) is 4.74 Å². The number of carbonyl (C=O) groups is 1. The molecule has 122 valence electrons. The SMILES string of the molecule is COc1ccc(CCNC(=O)CNC2CCCCCC2)cc1. The molecule has 2 N–H and O–H groups in total. The van der Waals surface area contributed by atoms with Gasteiger partial charge in [0.05, 0.1) is 13.7 Å². The molecule has 1 aromatic carbocycles. The molecule has 0 heterocycles. The highest BCUT2D eigenvalue weighted by Gasteiger charge is 2.12. The predicted octanol–water partition coefficient (Wildman–Crippen LogP) is 2.67. The molecule has 22 heavy (non-hydrogen) atoms. The average Bonchev–Trinajstić information content (AvgIpc) is 2.82. The number of rotatable bonds is 7. The van der Waals surface area contributed by atoms with Crippen LogP contribution in [0.2, 0.25) is 0 Å². The Kier molecular flexibility index (Phi) is 7.23. The zero-order chi connectivity index (χ0) is 15.6. The number of ether oxygens (including phenoxy) is 1. The summed E-state index contributed by atoms with van der Waals surface area (Å²) in [4.78, 5) is 11.9. The number of carbonyl (C=O) groups excluding carboxylic acids is 1. The molecule has 1 aliphatic carbocycles. The van der Waals surface area contributed by atoms with Gasteiger partial charge in [-0.1, -0.05) is 37.8 Å². The van der Waals surface area contributed by atoms with Crippen molar-refractivity contribution >= 4 is 5.91 Å². The van der Waals surface area contributed by atoms with Gasteiger partial charge in [0, 0.05) is 12.6 Å². The van der Waals surface area contributed by atoms with Crippen LogP contribution in [0.25, 0.3) is 0 Å². The Bertz CT molecular complexity index is 437. The fourth-order valence-electron chi connectivity index (χ4n) is 2.92. The maximum absolute atomic E-state index is 11.9. The van der Waals surface area contributed by atoms with Crippen LogP contribution in [0.1, 0.15) is 44.1 Å². The van der Waals surface area contributed by atoms with E-state index in [9.17, 15) is 4.79 Å². The molecule has 0 unspecified atom stereocenters. The Hall–Kier alpha value is -1.55. The third-order valence-electron chi connectivity index (χ3n) is 4.30. The van der Waals surface area contributed by atoms with Crippen molar-refractivity contribution in [3.05, 3.63) is 29.8 Å². The molecule has 2 rings (SSSR count). The average molecular weight is 304 g/mol. The van der Waals surface area contributed by atoms with Crippen molar-refractivity contribution in [1.29, 1.82) is 0 Å². The number of methoxy groups -OCH3 is 1. The van der Waals surface area contributed by atoms with Gasteiger partial charge in [0.25, 0.3) is 0 Å². The van der Waals surface area contributed by atoms with E-state index in [2.05, 4.69) is 10.6 Å². The second-order valence-electron chi connectivity index (χ2n) is 6.02.